The normalized spacial score (nSPS) is 25.2. The van der Waals surface area contributed by atoms with E-state index >= 15 is 0 Å². The second kappa shape index (κ2) is 2.91. The van der Waals surface area contributed by atoms with Gasteiger partial charge in [-0.2, -0.15) is 0 Å². The molecule has 0 saturated carbocycles. The van der Waals surface area contributed by atoms with Crippen molar-refractivity contribution in [1.29, 1.82) is 0 Å². The van der Waals surface area contributed by atoms with Crippen molar-refractivity contribution in [2.75, 3.05) is 4.90 Å². The summed E-state index contributed by atoms with van der Waals surface area (Å²) in [5.41, 5.74) is 4.34. The Bertz CT molecular complexity index is 501. The summed E-state index contributed by atoms with van der Waals surface area (Å²) in [4.78, 5) is 4.86. The summed E-state index contributed by atoms with van der Waals surface area (Å²) in [5.74, 6) is 0. The van der Waals surface area contributed by atoms with Gasteiger partial charge in [0.05, 0.1) is 0 Å². The molecule has 0 bridgehead atoms. The van der Waals surface area contributed by atoms with E-state index in [9.17, 15) is 0 Å². The van der Waals surface area contributed by atoms with E-state index in [4.69, 9.17) is 0 Å². The van der Waals surface area contributed by atoms with E-state index in [2.05, 4.69) is 52.5 Å². The van der Waals surface area contributed by atoms with Crippen molar-refractivity contribution in [3.05, 3.63) is 54.0 Å². The lowest BCUT2D eigenvalue weighted by Gasteiger charge is -2.28. The Balaban J connectivity index is 1.82. The summed E-state index contributed by atoms with van der Waals surface area (Å²) in [6.07, 6.45) is 10.9. The van der Waals surface area contributed by atoms with Crippen LogP contribution in [0.15, 0.2) is 48.4 Å². The maximum Gasteiger partial charge on any atom is 0.114 e. The van der Waals surface area contributed by atoms with E-state index in [-0.39, 0.29) is 0 Å². The highest BCUT2D eigenvalue weighted by Crippen LogP contribution is 2.41. The fourth-order valence-corrected chi connectivity index (χ4v) is 3.01. The van der Waals surface area contributed by atoms with Crippen LogP contribution in [0.4, 0.5) is 5.69 Å². The zero-order valence-corrected chi connectivity index (χ0v) is 9.13. The molecular formula is C14H14N2. The summed E-state index contributed by atoms with van der Waals surface area (Å²) in [5, 5.41) is 0. The van der Waals surface area contributed by atoms with Crippen LogP contribution in [0.3, 0.4) is 0 Å². The molecule has 3 aliphatic rings. The van der Waals surface area contributed by atoms with Crippen molar-refractivity contribution < 1.29 is 0 Å². The molecule has 0 radical (unpaired) electrons. The van der Waals surface area contributed by atoms with Crippen LogP contribution in [0, 0.1) is 0 Å². The Labute approximate surface area is 95.5 Å². The highest BCUT2D eigenvalue weighted by Gasteiger charge is 2.37. The van der Waals surface area contributed by atoms with E-state index in [1.165, 1.54) is 29.8 Å². The predicted molar refractivity (Wildman–Crippen MR) is 64.7 cm³/mol. The molecular weight excluding hydrogens is 196 g/mol. The molecule has 3 heterocycles. The maximum absolute atomic E-state index is 2.43. The van der Waals surface area contributed by atoms with E-state index in [0.717, 1.165) is 6.42 Å². The summed E-state index contributed by atoms with van der Waals surface area (Å²) in [6, 6.07) is 8.74. The molecule has 16 heavy (non-hydrogen) atoms. The van der Waals surface area contributed by atoms with Crippen molar-refractivity contribution in [1.82, 2.24) is 4.90 Å². The first kappa shape index (κ1) is 8.45. The van der Waals surface area contributed by atoms with Crippen LogP contribution in [0.1, 0.15) is 18.4 Å². The topological polar surface area (TPSA) is 6.48 Å². The summed E-state index contributed by atoms with van der Waals surface area (Å²) >= 11 is 0. The van der Waals surface area contributed by atoms with Gasteiger partial charge in [0, 0.05) is 30.2 Å². The smallest absolute Gasteiger partial charge is 0.114 e. The van der Waals surface area contributed by atoms with Gasteiger partial charge >= 0.3 is 0 Å². The molecule has 1 unspecified atom stereocenters. The largest absolute Gasteiger partial charge is 0.329 e. The number of hydrogen-bond donors (Lipinski definition) is 0. The van der Waals surface area contributed by atoms with E-state index < -0.39 is 0 Å². The Morgan fingerprint density at radius 3 is 3.06 bits per heavy atom. The van der Waals surface area contributed by atoms with Gasteiger partial charge < -0.3 is 9.80 Å². The number of benzene rings is 1. The second-order valence-electron chi connectivity index (χ2n) is 4.67. The van der Waals surface area contributed by atoms with Crippen LogP contribution in [-0.4, -0.2) is 11.1 Å². The SMILES string of the molecule is C1=CN2C(=CN3c4ccccc4CC23)CC1. The van der Waals surface area contributed by atoms with E-state index in [1.54, 1.807) is 0 Å². The molecule has 0 spiro atoms. The number of nitrogens with zero attached hydrogens (tertiary/aromatic N) is 2. The molecule has 0 aliphatic carbocycles. The molecule has 0 N–H and O–H groups in total. The molecule has 2 heteroatoms. The minimum absolute atomic E-state index is 0.504. The lowest BCUT2D eigenvalue weighted by atomic mass is 10.1. The van der Waals surface area contributed by atoms with Crippen LogP contribution >= 0.6 is 0 Å². The van der Waals surface area contributed by atoms with Crippen molar-refractivity contribution in [3.63, 3.8) is 0 Å². The lowest BCUT2D eigenvalue weighted by Crippen LogP contribution is -2.35. The van der Waals surface area contributed by atoms with Crippen molar-refractivity contribution >= 4 is 5.69 Å². The van der Waals surface area contributed by atoms with E-state index in [0.29, 0.717) is 6.17 Å². The van der Waals surface area contributed by atoms with Crippen LogP contribution < -0.4 is 4.90 Å². The molecule has 4 rings (SSSR count). The first-order valence-corrected chi connectivity index (χ1v) is 5.95. The molecule has 0 saturated heterocycles. The van der Waals surface area contributed by atoms with Crippen LogP contribution in [0.25, 0.3) is 0 Å². The second-order valence-corrected chi connectivity index (χ2v) is 4.67. The molecule has 0 fully saturated rings. The molecule has 0 aromatic heterocycles. The van der Waals surface area contributed by atoms with Crippen LogP contribution in [-0.2, 0) is 6.42 Å². The molecule has 2 nitrogen and oxygen atoms in total. The van der Waals surface area contributed by atoms with Gasteiger partial charge in [0.15, 0.2) is 0 Å². The zero-order valence-electron chi connectivity index (χ0n) is 9.13. The Kier molecular flexibility index (Phi) is 1.54. The summed E-state index contributed by atoms with van der Waals surface area (Å²) in [6.45, 7) is 0. The quantitative estimate of drug-likeness (QED) is 0.649. The number of allylic oxidation sites excluding steroid dienone is 2. The van der Waals surface area contributed by atoms with Crippen molar-refractivity contribution in [3.8, 4) is 0 Å². The van der Waals surface area contributed by atoms with Gasteiger partial charge in [-0.1, -0.05) is 24.3 Å². The van der Waals surface area contributed by atoms with Gasteiger partial charge in [-0.05, 0) is 24.5 Å². The molecule has 1 aromatic carbocycles. The number of fused-ring (bicyclic) bond motifs is 5. The minimum atomic E-state index is 0.504. The third kappa shape index (κ3) is 0.967. The highest BCUT2D eigenvalue weighted by molar-refractivity contribution is 5.63. The summed E-state index contributed by atoms with van der Waals surface area (Å²) < 4.78 is 0. The summed E-state index contributed by atoms with van der Waals surface area (Å²) in [7, 11) is 0. The fourth-order valence-electron chi connectivity index (χ4n) is 3.01. The fraction of sp³-hybridized carbons (Fsp3) is 0.286. The Morgan fingerprint density at radius 1 is 1.12 bits per heavy atom. The van der Waals surface area contributed by atoms with Crippen molar-refractivity contribution in [2.24, 2.45) is 0 Å². The Hall–Kier alpha value is -1.70. The van der Waals surface area contributed by atoms with Gasteiger partial charge in [-0.15, -0.1) is 0 Å². The molecule has 1 atom stereocenters. The third-order valence-electron chi connectivity index (χ3n) is 3.77. The highest BCUT2D eigenvalue weighted by atomic mass is 15.4. The van der Waals surface area contributed by atoms with E-state index in [1.807, 2.05) is 0 Å². The first-order chi connectivity index (χ1) is 7.93. The van der Waals surface area contributed by atoms with Crippen molar-refractivity contribution in [2.45, 2.75) is 25.4 Å². The van der Waals surface area contributed by atoms with Crippen LogP contribution in [0.2, 0.25) is 0 Å². The number of hydrogen-bond acceptors (Lipinski definition) is 2. The van der Waals surface area contributed by atoms with Gasteiger partial charge in [0.25, 0.3) is 0 Å². The standard InChI is InChI=1S/C14H14N2/c1-2-7-13-11(5-1)9-14-15-8-4-3-6-12(15)10-16(13)14/h1-2,4-5,7-8,10,14H,3,6,9H2. The first-order valence-electron chi connectivity index (χ1n) is 5.95. The number of anilines is 1. The van der Waals surface area contributed by atoms with Gasteiger partial charge in [-0.3, -0.25) is 0 Å². The molecule has 1 aromatic rings. The maximum atomic E-state index is 2.43. The molecule has 3 aliphatic heterocycles. The average Bonchev–Trinajstić information content (AvgIpc) is 2.85. The third-order valence-corrected chi connectivity index (χ3v) is 3.77. The monoisotopic (exact) mass is 210 g/mol. The van der Waals surface area contributed by atoms with Gasteiger partial charge in [0.1, 0.15) is 6.17 Å². The number of rotatable bonds is 0. The van der Waals surface area contributed by atoms with Crippen LogP contribution in [0.5, 0.6) is 0 Å². The lowest BCUT2D eigenvalue weighted by molar-refractivity contribution is 0.361. The minimum Gasteiger partial charge on any atom is -0.329 e. The Morgan fingerprint density at radius 2 is 2.06 bits per heavy atom. The predicted octanol–water partition coefficient (Wildman–Crippen LogP) is 2.84. The molecule has 80 valence electrons. The zero-order chi connectivity index (χ0) is 10.5. The average molecular weight is 210 g/mol. The molecule has 0 amide bonds. The van der Waals surface area contributed by atoms with Gasteiger partial charge in [-0.25, -0.2) is 0 Å². The van der Waals surface area contributed by atoms with Gasteiger partial charge in [0.2, 0.25) is 0 Å². The number of para-hydroxylation sites is 1.